The number of hydrogen-bond acceptors (Lipinski definition) is 4. The first kappa shape index (κ1) is 17.8. The van der Waals surface area contributed by atoms with E-state index in [1.54, 1.807) is 24.3 Å². The van der Waals surface area contributed by atoms with Crippen LogP contribution in [0.1, 0.15) is 19.8 Å². The fourth-order valence-corrected chi connectivity index (χ4v) is 4.84. The van der Waals surface area contributed by atoms with Crippen LogP contribution in [-0.4, -0.2) is 61.8 Å². The van der Waals surface area contributed by atoms with Crippen molar-refractivity contribution in [1.82, 2.24) is 14.5 Å². The molecule has 0 aromatic heterocycles. The molecule has 0 radical (unpaired) electrons. The number of amides is 1. The fourth-order valence-electron chi connectivity index (χ4n) is 2.82. The van der Waals surface area contributed by atoms with Gasteiger partial charge in [0.05, 0.1) is 10.9 Å². The average molecular weight is 416 g/mol. The van der Waals surface area contributed by atoms with Crippen LogP contribution >= 0.6 is 15.9 Å². The predicted molar refractivity (Wildman–Crippen MR) is 95.1 cm³/mol. The number of halogens is 1. The first-order valence-electron chi connectivity index (χ1n) is 8.18. The van der Waals surface area contributed by atoms with Gasteiger partial charge < -0.3 is 5.32 Å². The Morgan fingerprint density at radius 3 is 2.50 bits per heavy atom. The lowest BCUT2D eigenvalue weighted by Gasteiger charge is -2.36. The molecule has 1 atom stereocenters. The van der Waals surface area contributed by atoms with Crippen molar-refractivity contribution >= 4 is 31.9 Å². The van der Waals surface area contributed by atoms with E-state index in [0.717, 1.165) is 17.3 Å². The van der Waals surface area contributed by atoms with Crippen LogP contribution in [0.2, 0.25) is 0 Å². The maximum absolute atomic E-state index is 12.7. The van der Waals surface area contributed by atoms with Crippen molar-refractivity contribution in [2.24, 2.45) is 0 Å². The highest BCUT2D eigenvalue weighted by Gasteiger charge is 2.33. The maximum Gasteiger partial charge on any atom is 0.243 e. The Labute approximate surface area is 151 Å². The maximum atomic E-state index is 12.7. The third kappa shape index (κ3) is 3.99. The van der Waals surface area contributed by atoms with Gasteiger partial charge in [0, 0.05) is 36.7 Å². The number of piperazine rings is 1. The van der Waals surface area contributed by atoms with Gasteiger partial charge in [-0.05, 0) is 38.0 Å². The molecule has 1 saturated heterocycles. The summed E-state index contributed by atoms with van der Waals surface area (Å²) in [7, 11) is -3.49. The molecule has 132 valence electrons. The predicted octanol–water partition coefficient (Wildman–Crippen LogP) is 1.42. The molecule has 1 aromatic carbocycles. The SMILES string of the molecule is C[C@H](C(=O)NC1CC1)N1CCN(S(=O)(=O)c2cccc(Br)c2)CC1. The Balaban J connectivity index is 1.60. The van der Waals surface area contributed by atoms with Gasteiger partial charge in [-0.3, -0.25) is 9.69 Å². The van der Waals surface area contributed by atoms with Gasteiger partial charge in [-0.25, -0.2) is 8.42 Å². The fraction of sp³-hybridized carbons (Fsp3) is 0.562. The number of rotatable bonds is 5. The highest BCUT2D eigenvalue weighted by atomic mass is 79.9. The summed E-state index contributed by atoms with van der Waals surface area (Å²) in [5, 5.41) is 3.01. The van der Waals surface area contributed by atoms with Crippen molar-refractivity contribution in [3.05, 3.63) is 28.7 Å². The van der Waals surface area contributed by atoms with Crippen LogP contribution < -0.4 is 5.32 Å². The van der Waals surface area contributed by atoms with Crippen LogP contribution in [0.15, 0.2) is 33.6 Å². The number of benzene rings is 1. The van der Waals surface area contributed by atoms with E-state index >= 15 is 0 Å². The molecule has 3 rings (SSSR count). The standard InChI is InChI=1S/C16H22BrN3O3S/c1-12(16(21)18-14-5-6-14)19-7-9-20(10-8-19)24(22,23)15-4-2-3-13(17)11-15/h2-4,11-12,14H,5-10H2,1H3,(H,18,21)/t12-/m1/s1. The number of hydrogen-bond donors (Lipinski definition) is 1. The minimum Gasteiger partial charge on any atom is -0.352 e. The van der Waals surface area contributed by atoms with Gasteiger partial charge in [0.2, 0.25) is 15.9 Å². The van der Waals surface area contributed by atoms with E-state index in [-0.39, 0.29) is 11.9 Å². The van der Waals surface area contributed by atoms with Gasteiger partial charge >= 0.3 is 0 Å². The van der Waals surface area contributed by atoms with Crippen molar-refractivity contribution < 1.29 is 13.2 Å². The second-order valence-corrected chi connectivity index (χ2v) is 9.21. The number of nitrogens with one attached hydrogen (secondary N) is 1. The Morgan fingerprint density at radius 1 is 1.25 bits per heavy atom. The van der Waals surface area contributed by atoms with Gasteiger partial charge in [0.1, 0.15) is 0 Å². The van der Waals surface area contributed by atoms with Gasteiger partial charge in [0.15, 0.2) is 0 Å². The van der Waals surface area contributed by atoms with E-state index in [9.17, 15) is 13.2 Å². The summed E-state index contributed by atoms with van der Waals surface area (Å²) in [6.07, 6.45) is 2.13. The van der Waals surface area contributed by atoms with Crippen LogP contribution in [0.4, 0.5) is 0 Å². The molecule has 0 bridgehead atoms. The van der Waals surface area contributed by atoms with E-state index in [1.807, 2.05) is 11.8 Å². The second-order valence-electron chi connectivity index (χ2n) is 6.36. The summed E-state index contributed by atoms with van der Waals surface area (Å²) < 4.78 is 27.7. The van der Waals surface area contributed by atoms with Gasteiger partial charge in [0.25, 0.3) is 0 Å². The summed E-state index contributed by atoms with van der Waals surface area (Å²) in [6.45, 7) is 3.81. The molecule has 1 aliphatic carbocycles. The van der Waals surface area contributed by atoms with Crippen LogP contribution in [0.25, 0.3) is 0 Å². The van der Waals surface area contributed by atoms with Gasteiger partial charge in [-0.1, -0.05) is 22.0 Å². The molecule has 1 N–H and O–H groups in total. The van der Waals surface area contributed by atoms with E-state index in [1.165, 1.54) is 4.31 Å². The van der Waals surface area contributed by atoms with Crippen molar-refractivity contribution in [3.63, 3.8) is 0 Å². The van der Waals surface area contributed by atoms with Crippen molar-refractivity contribution in [2.75, 3.05) is 26.2 Å². The summed E-state index contributed by atoms with van der Waals surface area (Å²) >= 11 is 3.31. The third-order valence-corrected chi connectivity index (χ3v) is 6.95. The number of nitrogens with zero attached hydrogens (tertiary/aromatic N) is 2. The minimum atomic E-state index is -3.49. The van der Waals surface area contributed by atoms with E-state index < -0.39 is 10.0 Å². The zero-order valence-corrected chi connectivity index (χ0v) is 16.0. The lowest BCUT2D eigenvalue weighted by atomic mass is 10.2. The minimum absolute atomic E-state index is 0.0424. The number of carbonyl (C=O) groups is 1. The zero-order valence-electron chi connectivity index (χ0n) is 13.6. The van der Waals surface area contributed by atoms with Crippen molar-refractivity contribution in [1.29, 1.82) is 0 Å². The van der Waals surface area contributed by atoms with E-state index in [4.69, 9.17) is 0 Å². The van der Waals surface area contributed by atoms with Crippen LogP contribution in [-0.2, 0) is 14.8 Å². The molecule has 1 amide bonds. The summed E-state index contributed by atoms with van der Waals surface area (Å²) in [5.41, 5.74) is 0. The van der Waals surface area contributed by atoms with Crippen molar-refractivity contribution in [3.8, 4) is 0 Å². The Morgan fingerprint density at radius 2 is 1.92 bits per heavy atom. The highest BCUT2D eigenvalue weighted by molar-refractivity contribution is 9.10. The molecule has 8 heteroatoms. The summed E-state index contributed by atoms with van der Waals surface area (Å²) in [5.74, 6) is 0.0424. The molecule has 1 saturated carbocycles. The van der Waals surface area contributed by atoms with Gasteiger partial charge in [-0.2, -0.15) is 4.31 Å². The summed E-state index contributed by atoms with van der Waals surface area (Å²) in [6, 6.07) is 6.87. The largest absolute Gasteiger partial charge is 0.352 e. The molecule has 1 heterocycles. The monoisotopic (exact) mass is 415 g/mol. The van der Waals surface area contributed by atoms with Crippen molar-refractivity contribution in [2.45, 2.75) is 36.7 Å². The van der Waals surface area contributed by atoms with E-state index in [2.05, 4.69) is 21.2 Å². The lowest BCUT2D eigenvalue weighted by Crippen LogP contribution is -2.55. The van der Waals surface area contributed by atoms with Crippen LogP contribution in [0.3, 0.4) is 0 Å². The highest BCUT2D eigenvalue weighted by Crippen LogP contribution is 2.22. The first-order valence-corrected chi connectivity index (χ1v) is 10.4. The molecular formula is C16H22BrN3O3S. The molecule has 2 fully saturated rings. The van der Waals surface area contributed by atoms with Gasteiger partial charge in [-0.15, -0.1) is 0 Å². The quantitative estimate of drug-likeness (QED) is 0.789. The molecule has 2 aliphatic rings. The van der Waals surface area contributed by atoms with Crippen LogP contribution in [0.5, 0.6) is 0 Å². The average Bonchev–Trinajstić information content (AvgIpc) is 3.38. The molecular weight excluding hydrogens is 394 g/mol. The Kier molecular flexibility index (Phi) is 5.29. The molecule has 1 aliphatic heterocycles. The molecule has 24 heavy (non-hydrogen) atoms. The Bertz CT molecular complexity index is 713. The molecule has 0 unspecified atom stereocenters. The first-order chi connectivity index (χ1) is 11.4. The van der Waals surface area contributed by atoms with Crippen LogP contribution in [0, 0.1) is 0 Å². The lowest BCUT2D eigenvalue weighted by molar-refractivity contribution is -0.126. The topological polar surface area (TPSA) is 69.7 Å². The molecule has 1 aromatic rings. The molecule has 0 spiro atoms. The Hall–Kier alpha value is -0.960. The normalized spacial score (nSPS) is 21.4. The zero-order chi connectivity index (χ0) is 17.3. The second kappa shape index (κ2) is 7.11. The number of carbonyl (C=O) groups excluding carboxylic acids is 1. The number of sulfonamides is 1. The molecule has 6 nitrogen and oxygen atoms in total. The smallest absolute Gasteiger partial charge is 0.243 e. The van der Waals surface area contributed by atoms with E-state index in [0.29, 0.717) is 37.1 Å². The summed E-state index contributed by atoms with van der Waals surface area (Å²) in [4.78, 5) is 14.5. The third-order valence-electron chi connectivity index (χ3n) is 4.56.